The highest BCUT2D eigenvalue weighted by Gasteiger charge is 2.31. The van der Waals surface area contributed by atoms with E-state index in [1.165, 1.54) is 0 Å². The first-order chi connectivity index (χ1) is 9.35. The molecule has 2 rings (SSSR count). The third-order valence-electron chi connectivity index (χ3n) is 2.93. The molecule has 0 radical (unpaired) electrons. The van der Waals surface area contributed by atoms with Crippen molar-refractivity contribution in [1.29, 1.82) is 0 Å². The van der Waals surface area contributed by atoms with Crippen LogP contribution in [-0.4, -0.2) is 35.8 Å². The SMILES string of the molecule is CC(C)(C)OC(=O)N1CCC(Oc2ccccc2Br)C1. The Morgan fingerprint density at radius 2 is 2.05 bits per heavy atom. The monoisotopic (exact) mass is 341 g/mol. The van der Waals surface area contributed by atoms with E-state index in [0.29, 0.717) is 13.1 Å². The quantitative estimate of drug-likeness (QED) is 0.820. The molecule has 1 aromatic rings. The fourth-order valence-electron chi connectivity index (χ4n) is 2.04. The summed E-state index contributed by atoms with van der Waals surface area (Å²) in [6, 6.07) is 7.73. The van der Waals surface area contributed by atoms with Crippen molar-refractivity contribution in [1.82, 2.24) is 4.90 Å². The fourth-order valence-corrected chi connectivity index (χ4v) is 2.41. The number of rotatable bonds is 2. The van der Waals surface area contributed by atoms with Gasteiger partial charge in [-0.2, -0.15) is 0 Å². The molecular weight excluding hydrogens is 322 g/mol. The van der Waals surface area contributed by atoms with Crippen LogP contribution in [0.15, 0.2) is 28.7 Å². The van der Waals surface area contributed by atoms with E-state index in [1.807, 2.05) is 45.0 Å². The Morgan fingerprint density at radius 3 is 2.70 bits per heavy atom. The zero-order chi connectivity index (χ0) is 14.8. The van der Waals surface area contributed by atoms with Crippen LogP contribution in [0.3, 0.4) is 0 Å². The topological polar surface area (TPSA) is 38.8 Å². The summed E-state index contributed by atoms with van der Waals surface area (Å²) in [5, 5.41) is 0. The zero-order valence-electron chi connectivity index (χ0n) is 12.1. The number of amides is 1. The molecule has 1 aliphatic heterocycles. The van der Waals surface area contributed by atoms with Crippen molar-refractivity contribution in [3.8, 4) is 5.75 Å². The highest BCUT2D eigenvalue weighted by Crippen LogP contribution is 2.27. The van der Waals surface area contributed by atoms with Gasteiger partial charge in [0.2, 0.25) is 0 Å². The second-order valence-corrected chi connectivity index (χ2v) is 6.74. The van der Waals surface area contributed by atoms with Gasteiger partial charge in [0, 0.05) is 13.0 Å². The van der Waals surface area contributed by atoms with Crippen molar-refractivity contribution in [2.24, 2.45) is 0 Å². The third kappa shape index (κ3) is 4.13. The number of nitrogens with zero attached hydrogens (tertiary/aromatic N) is 1. The minimum absolute atomic E-state index is 0.0150. The van der Waals surface area contributed by atoms with Gasteiger partial charge in [-0.3, -0.25) is 0 Å². The number of likely N-dealkylation sites (tertiary alicyclic amines) is 1. The maximum Gasteiger partial charge on any atom is 0.410 e. The summed E-state index contributed by atoms with van der Waals surface area (Å²) in [4.78, 5) is 13.7. The molecule has 4 nitrogen and oxygen atoms in total. The lowest BCUT2D eigenvalue weighted by Gasteiger charge is -2.24. The lowest BCUT2D eigenvalue weighted by molar-refractivity contribution is 0.0275. The molecule has 0 bridgehead atoms. The maximum absolute atomic E-state index is 12.0. The van der Waals surface area contributed by atoms with Gasteiger partial charge in [-0.25, -0.2) is 4.79 Å². The summed E-state index contributed by atoms with van der Waals surface area (Å²) in [5.41, 5.74) is -0.460. The van der Waals surface area contributed by atoms with Crippen LogP contribution >= 0.6 is 15.9 Å². The molecule has 20 heavy (non-hydrogen) atoms. The first-order valence-electron chi connectivity index (χ1n) is 6.74. The summed E-state index contributed by atoms with van der Waals surface area (Å²) in [6.45, 7) is 6.85. The molecule has 0 aromatic heterocycles. The van der Waals surface area contributed by atoms with Crippen LogP contribution < -0.4 is 4.74 Å². The predicted molar refractivity (Wildman–Crippen MR) is 81.0 cm³/mol. The van der Waals surface area contributed by atoms with Crippen LogP contribution in [0.25, 0.3) is 0 Å². The molecule has 1 fully saturated rings. The number of carbonyl (C=O) groups is 1. The Balaban J connectivity index is 1.90. The van der Waals surface area contributed by atoms with Gasteiger partial charge in [-0.1, -0.05) is 12.1 Å². The van der Waals surface area contributed by atoms with Crippen LogP contribution in [0, 0.1) is 0 Å². The molecule has 1 aliphatic rings. The minimum atomic E-state index is -0.460. The zero-order valence-corrected chi connectivity index (χ0v) is 13.6. The van der Waals surface area contributed by atoms with E-state index in [9.17, 15) is 4.79 Å². The molecule has 0 aliphatic carbocycles. The maximum atomic E-state index is 12.0. The second-order valence-electron chi connectivity index (χ2n) is 5.89. The van der Waals surface area contributed by atoms with Crippen molar-refractivity contribution < 1.29 is 14.3 Å². The highest BCUT2D eigenvalue weighted by atomic mass is 79.9. The van der Waals surface area contributed by atoms with Crippen molar-refractivity contribution in [3.63, 3.8) is 0 Å². The normalized spacial score (nSPS) is 19.0. The highest BCUT2D eigenvalue weighted by molar-refractivity contribution is 9.10. The summed E-state index contributed by atoms with van der Waals surface area (Å²) >= 11 is 3.46. The molecule has 0 spiro atoms. The van der Waals surface area contributed by atoms with Gasteiger partial charge in [0.1, 0.15) is 17.5 Å². The second kappa shape index (κ2) is 6.04. The summed E-state index contributed by atoms with van der Waals surface area (Å²) in [6.07, 6.45) is 0.567. The third-order valence-corrected chi connectivity index (χ3v) is 3.58. The van der Waals surface area contributed by atoms with Crippen LogP contribution in [0.2, 0.25) is 0 Å². The van der Waals surface area contributed by atoms with Crippen LogP contribution in [-0.2, 0) is 4.74 Å². The Kier molecular flexibility index (Phi) is 4.58. The van der Waals surface area contributed by atoms with Gasteiger partial charge in [0.15, 0.2) is 0 Å². The Hall–Kier alpha value is -1.23. The van der Waals surface area contributed by atoms with Crippen molar-refractivity contribution in [2.75, 3.05) is 13.1 Å². The summed E-state index contributed by atoms with van der Waals surface area (Å²) < 4.78 is 12.2. The lowest BCUT2D eigenvalue weighted by atomic mass is 10.2. The molecule has 1 saturated heterocycles. The summed E-state index contributed by atoms with van der Waals surface area (Å²) in [5.74, 6) is 0.809. The average Bonchev–Trinajstić information content (AvgIpc) is 2.79. The van der Waals surface area contributed by atoms with E-state index in [-0.39, 0.29) is 12.2 Å². The first-order valence-corrected chi connectivity index (χ1v) is 7.53. The lowest BCUT2D eigenvalue weighted by Crippen LogP contribution is -2.36. The number of para-hydroxylation sites is 1. The standard InChI is InChI=1S/C15H20BrNO3/c1-15(2,3)20-14(18)17-9-8-11(10-17)19-13-7-5-4-6-12(13)16/h4-7,11H,8-10H2,1-3H3. The van der Waals surface area contributed by atoms with Gasteiger partial charge >= 0.3 is 6.09 Å². The molecule has 1 amide bonds. The number of carbonyl (C=O) groups excluding carboxylic acids is 1. The number of hydrogen-bond donors (Lipinski definition) is 0. The predicted octanol–water partition coefficient (Wildman–Crippen LogP) is 3.84. The molecular formula is C15H20BrNO3. The molecule has 1 heterocycles. The Labute approximate surface area is 128 Å². The van der Waals surface area contributed by atoms with Crippen LogP contribution in [0.1, 0.15) is 27.2 Å². The van der Waals surface area contributed by atoms with Gasteiger partial charge < -0.3 is 14.4 Å². The molecule has 110 valence electrons. The smallest absolute Gasteiger partial charge is 0.410 e. The van der Waals surface area contributed by atoms with E-state index in [4.69, 9.17) is 9.47 Å². The van der Waals surface area contributed by atoms with E-state index >= 15 is 0 Å². The van der Waals surface area contributed by atoms with E-state index < -0.39 is 5.60 Å². The van der Waals surface area contributed by atoms with Gasteiger partial charge in [0.05, 0.1) is 11.0 Å². The van der Waals surface area contributed by atoms with Crippen LogP contribution in [0.5, 0.6) is 5.75 Å². The number of benzene rings is 1. The minimum Gasteiger partial charge on any atom is -0.487 e. The Morgan fingerprint density at radius 1 is 1.35 bits per heavy atom. The van der Waals surface area contributed by atoms with Crippen LogP contribution in [0.4, 0.5) is 4.79 Å². The summed E-state index contributed by atoms with van der Waals surface area (Å²) in [7, 11) is 0. The molecule has 1 aromatic carbocycles. The number of ether oxygens (including phenoxy) is 2. The Bertz CT molecular complexity index is 484. The molecule has 1 unspecified atom stereocenters. The average molecular weight is 342 g/mol. The fraction of sp³-hybridized carbons (Fsp3) is 0.533. The van der Waals surface area contributed by atoms with E-state index in [1.54, 1.807) is 4.90 Å². The van der Waals surface area contributed by atoms with Gasteiger partial charge in [-0.05, 0) is 48.8 Å². The van der Waals surface area contributed by atoms with Crippen molar-refractivity contribution in [2.45, 2.75) is 38.9 Å². The molecule has 5 heteroatoms. The molecule has 0 saturated carbocycles. The largest absolute Gasteiger partial charge is 0.487 e. The molecule has 0 N–H and O–H groups in total. The van der Waals surface area contributed by atoms with Gasteiger partial charge in [0.25, 0.3) is 0 Å². The van der Waals surface area contributed by atoms with Crippen molar-refractivity contribution >= 4 is 22.0 Å². The van der Waals surface area contributed by atoms with E-state index in [2.05, 4.69) is 15.9 Å². The van der Waals surface area contributed by atoms with E-state index in [0.717, 1.165) is 16.6 Å². The van der Waals surface area contributed by atoms with Gasteiger partial charge in [-0.15, -0.1) is 0 Å². The number of hydrogen-bond acceptors (Lipinski definition) is 3. The molecule has 1 atom stereocenters. The first kappa shape index (κ1) is 15.2. The van der Waals surface area contributed by atoms with Crippen molar-refractivity contribution in [3.05, 3.63) is 28.7 Å². The number of halogens is 1.